The largest absolute Gasteiger partial charge is 0.326 e. The fourth-order valence-electron chi connectivity index (χ4n) is 1.34. The first-order valence-corrected chi connectivity index (χ1v) is 6.85. The number of amides is 1. The van der Waals surface area contributed by atoms with Crippen LogP contribution in [0.4, 0.5) is 11.4 Å². The van der Waals surface area contributed by atoms with Gasteiger partial charge in [-0.25, -0.2) is 5.43 Å². The third kappa shape index (κ3) is 4.93. The van der Waals surface area contributed by atoms with Crippen LogP contribution in [-0.2, 0) is 19.7 Å². The normalized spacial score (nSPS) is 10.9. The van der Waals surface area contributed by atoms with Crippen molar-refractivity contribution in [2.75, 3.05) is 17.3 Å². The molecule has 0 atom stereocenters. The first-order valence-electron chi connectivity index (χ1n) is 5.41. The number of carbonyl (C=O) groups excluding carboxylic acids is 2. The zero-order valence-corrected chi connectivity index (χ0v) is 11.3. The Morgan fingerprint density at radius 3 is 2.65 bits per heavy atom. The highest BCUT2D eigenvalue weighted by atomic mass is 32.2. The van der Waals surface area contributed by atoms with Crippen LogP contribution in [0.15, 0.2) is 23.1 Å². The first kappa shape index (κ1) is 16.0. The van der Waals surface area contributed by atoms with E-state index >= 15 is 0 Å². The van der Waals surface area contributed by atoms with Crippen LogP contribution >= 0.6 is 0 Å². The second-order valence-electron chi connectivity index (χ2n) is 3.66. The minimum atomic E-state index is -4.43. The van der Waals surface area contributed by atoms with Gasteiger partial charge in [0, 0.05) is 12.6 Å². The minimum absolute atomic E-state index is 0.00264. The summed E-state index contributed by atoms with van der Waals surface area (Å²) in [5.41, 5.74) is 7.60. The molecule has 0 saturated carbocycles. The minimum Gasteiger partial charge on any atom is -0.326 e. The second-order valence-corrected chi connectivity index (χ2v) is 5.05. The molecule has 0 aliphatic heterocycles. The lowest BCUT2D eigenvalue weighted by Gasteiger charge is -2.13. The molecule has 10 heteroatoms. The molecule has 20 heavy (non-hydrogen) atoms. The summed E-state index contributed by atoms with van der Waals surface area (Å²) in [6, 6.07) is 3.76. The van der Waals surface area contributed by atoms with Crippen molar-refractivity contribution >= 4 is 33.7 Å². The quantitative estimate of drug-likeness (QED) is 0.197. The van der Waals surface area contributed by atoms with Gasteiger partial charge in [-0.15, -0.1) is 0 Å². The topological polar surface area (TPSA) is 137 Å². The summed E-state index contributed by atoms with van der Waals surface area (Å²) in [6.45, 7) is 1.29. The Balaban J connectivity index is 3.00. The molecule has 0 aromatic heterocycles. The molecule has 1 aromatic carbocycles. The van der Waals surface area contributed by atoms with Crippen molar-refractivity contribution in [3.8, 4) is 0 Å². The van der Waals surface area contributed by atoms with Gasteiger partial charge in [-0.05, 0) is 18.2 Å². The van der Waals surface area contributed by atoms with Crippen LogP contribution in [0.2, 0.25) is 0 Å². The van der Waals surface area contributed by atoms with Crippen LogP contribution in [-0.4, -0.2) is 31.7 Å². The van der Waals surface area contributed by atoms with Gasteiger partial charge in [-0.3, -0.25) is 9.35 Å². The number of aldehydes is 1. The molecular formula is C10H14N4O5S. The summed E-state index contributed by atoms with van der Waals surface area (Å²) in [5, 5.41) is 2.47. The SMILES string of the molecule is CC(=O)Nc1ccc(S(=O)(=O)O)c(NNNCC=O)c1. The smallest absolute Gasteiger partial charge is 0.296 e. The lowest BCUT2D eigenvalue weighted by molar-refractivity contribution is -0.114. The zero-order valence-electron chi connectivity index (χ0n) is 10.5. The second kappa shape index (κ2) is 6.96. The summed E-state index contributed by atoms with van der Waals surface area (Å²) in [5.74, 6) is -0.331. The predicted molar refractivity (Wildman–Crippen MR) is 71.4 cm³/mol. The molecule has 0 heterocycles. The third-order valence-corrected chi connectivity index (χ3v) is 2.96. The van der Waals surface area contributed by atoms with Crippen LogP contribution in [0.3, 0.4) is 0 Å². The van der Waals surface area contributed by atoms with Crippen LogP contribution in [0.1, 0.15) is 6.92 Å². The molecule has 9 nitrogen and oxygen atoms in total. The van der Waals surface area contributed by atoms with Gasteiger partial charge < -0.3 is 15.5 Å². The Kier molecular flexibility index (Phi) is 5.58. The summed E-state index contributed by atoms with van der Waals surface area (Å²) >= 11 is 0. The van der Waals surface area contributed by atoms with Crippen molar-refractivity contribution in [3.63, 3.8) is 0 Å². The molecule has 0 saturated heterocycles. The van der Waals surface area contributed by atoms with Crippen molar-refractivity contribution < 1.29 is 22.6 Å². The van der Waals surface area contributed by atoms with Crippen LogP contribution in [0.25, 0.3) is 0 Å². The van der Waals surface area contributed by atoms with Crippen LogP contribution < -0.4 is 21.7 Å². The highest BCUT2D eigenvalue weighted by Gasteiger charge is 2.16. The summed E-state index contributed by atoms with van der Waals surface area (Å²) in [6.07, 6.45) is 0.589. The van der Waals surface area contributed by atoms with E-state index in [1.54, 1.807) is 0 Å². The van der Waals surface area contributed by atoms with E-state index < -0.39 is 10.1 Å². The molecule has 0 fully saturated rings. The van der Waals surface area contributed by atoms with E-state index in [1.165, 1.54) is 19.1 Å². The highest BCUT2D eigenvalue weighted by Crippen LogP contribution is 2.24. The molecule has 5 N–H and O–H groups in total. The van der Waals surface area contributed by atoms with Gasteiger partial charge in [0.1, 0.15) is 11.2 Å². The van der Waals surface area contributed by atoms with Gasteiger partial charge in [0.2, 0.25) is 5.91 Å². The molecule has 0 spiro atoms. The highest BCUT2D eigenvalue weighted by molar-refractivity contribution is 7.86. The van der Waals surface area contributed by atoms with E-state index in [0.717, 1.165) is 6.07 Å². The monoisotopic (exact) mass is 302 g/mol. The number of rotatable bonds is 7. The molecule has 0 unspecified atom stereocenters. The molecule has 110 valence electrons. The average molecular weight is 302 g/mol. The maximum absolute atomic E-state index is 11.2. The molecule has 0 bridgehead atoms. The number of benzene rings is 1. The van der Waals surface area contributed by atoms with Crippen LogP contribution in [0, 0.1) is 0 Å². The van der Waals surface area contributed by atoms with E-state index in [0.29, 0.717) is 12.0 Å². The van der Waals surface area contributed by atoms with Gasteiger partial charge in [0.15, 0.2) is 0 Å². The number of nitrogens with one attached hydrogen (secondary N) is 4. The van der Waals surface area contributed by atoms with Gasteiger partial charge in [0.05, 0.1) is 12.2 Å². The summed E-state index contributed by atoms with van der Waals surface area (Å²) < 4.78 is 31.5. The third-order valence-electron chi connectivity index (χ3n) is 2.05. The lowest BCUT2D eigenvalue weighted by Crippen LogP contribution is -2.38. The summed E-state index contributed by atoms with van der Waals surface area (Å²) in [7, 11) is -4.43. The van der Waals surface area contributed by atoms with E-state index in [4.69, 9.17) is 4.55 Å². The molecular weight excluding hydrogens is 288 g/mol. The standard InChI is InChI=1S/C10H14N4O5S/c1-7(16)12-8-2-3-10(20(17,18)19)9(6-8)13-14-11-4-5-15/h2-3,5-6,11,13-14H,4H2,1H3,(H,12,16)(H,17,18,19). The molecule has 1 amide bonds. The van der Waals surface area contributed by atoms with Crippen molar-refractivity contribution in [1.29, 1.82) is 0 Å². The fraction of sp³-hybridized carbons (Fsp3) is 0.200. The lowest BCUT2D eigenvalue weighted by atomic mass is 10.3. The molecule has 0 radical (unpaired) electrons. The van der Waals surface area contributed by atoms with E-state index in [9.17, 15) is 18.0 Å². The Labute approximate surface area is 115 Å². The van der Waals surface area contributed by atoms with Gasteiger partial charge in [0.25, 0.3) is 10.1 Å². The van der Waals surface area contributed by atoms with Gasteiger partial charge in [-0.1, -0.05) is 0 Å². The molecule has 0 aliphatic carbocycles. The number of hydrogen-bond acceptors (Lipinski definition) is 7. The van der Waals surface area contributed by atoms with Crippen LogP contribution in [0.5, 0.6) is 0 Å². The maximum atomic E-state index is 11.2. The fourth-order valence-corrected chi connectivity index (χ4v) is 1.97. The number of carbonyl (C=O) groups is 2. The van der Waals surface area contributed by atoms with Crippen molar-refractivity contribution in [2.45, 2.75) is 11.8 Å². The van der Waals surface area contributed by atoms with Crippen molar-refractivity contribution in [3.05, 3.63) is 18.2 Å². The molecule has 1 rings (SSSR count). The van der Waals surface area contributed by atoms with Gasteiger partial charge in [-0.2, -0.15) is 14.0 Å². The predicted octanol–water partition coefficient (Wildman–Crippen LogP) is -0.488. The number of anilines is 2. The van der Waals surface area contributed by atoms with Crippen molar-refractivity contribution in [1.82, 2.24) is 11.0 Å². The Morgan fingerprint density at radius 2 is 2.10 bits per heavy atom. The van der Waals surface area contributed by atoms with Gasteiger partial charge >= 0.3 is 0 Å². The number of hydrazine groups is 2. The Morgan fingerprint density at radius 1 is 1.40 bits per heavy atom. The summed E-state index contributed by atoms with van der Waals surface area (Å²) in [4.78, 5) is 20.7. The van der Waals surface area contributed by atoms with E-state index in [2.05, 4.69) is 21.7 Å². The van der Waals surface area contributed by atoms with Crippen molar-refractivity contribution in [2.24, 2.45) is 0 Å². The van der Waals surface area contributed by atoms with E-state index in [-0.39, 0.29) is 23.0 Å². The Bertz CT molecular complexity index is 602. The first-order chi connectivity index (χ1) is 9.34. The number of hydrogen-bond donors (Lipinski definition) is 5. The average Bonchev–Trinajstić information content (AvgIpc) is 2.32. The molecule has 0 aliphatic rings. The zero-order chi connectivity index (χ0) is 15.2. The van der Waals surface area contributed by atoms with E-state index in [1.807, 2.05) is 0 Å². The molecule has 1 aromatic rings. The maximum Gasteiger partial charge on any atom is 0.296 e. The Hall–Kier alpha value is -2.01.